The molecule has 9 aromatic rings. The van der Waals surface area contributed by atoms with E-state index < -0.39 is 0 Å². The van der Waals surface area contributed by atoms with E-state index in [1.807, 2.05) is 24.3 Å². The van der Waals surface area contributed by atoms with Gasteiger partial charge in [-0.2, -0.15) is 0 Å². The van der Waals surface area contributed by atoms with E-state index in [1.165, 1.54) is 10.8 Å². The van der Waals surface area contributed by atoms with Gasteiger partial charge in [0.2, 0.25) is 5.95 Å². The molecule has 1 aliphatic rings. The summed E-state index contributed by atoms with van der Waals surface area (Å²) in [5.41, 5.74) is 11.0. The average molecular weight is 577 g/mol. The van der Waals surface area contributed by atoms with Crippen molar-refractivity contribution >= 4 is 61.1 Å². The third-order valence-corrected chi connectivity index (χ3v) is 8.93. The van der Waals surface area contributed by atoms with Crippen molar-refractivity contribution in [3.05, 3.63) is 146 Å². The SMILES string of the molecule is c1ccc(-c2cc(-c3ccccc3)nc(N3c4ccccc4-n4c5ccc6oc7ccccc7c6c5c5cccc3c54)n2)cc1. The van der Waals surface area contributed by atoms with Gasteiger partial charge in [-0.25, -0.2) is 9.97 Å². The molecule has 45 heavy (non-hydrogen) atoms. The van der Waals surface area contributed by atoms with E-state index in [1.54, 1.807) is 0 Å². The van der Waals surface area contributed by atoms with Crippen molar-refractivity contribution in [1.29, 1.82) is 0 Å². The van der Waals surface area contributed by atoms with Gasteiger partial charge in [-0.1, -0.05) is 103 Å². The molecule has 1 aliphatic heterocycles. The number of rotatable bonds is 3. The molecule has 0 aliphatic carbocycles. The summed E-state index contributed by atoms with van der Waals surface area (Å²) in [6.07, 6.45) is 0. The number of benzene rings is 6. The normalized spacial score (nSPS) is 12.4. The van der Waals surface area contributed by atoms with Gasteiger partial charge >= 0.3 is 0 Å². The monoisotopic (exact) mass is 576 g/mol. The second kappa shape index (κ2) is 9.15. The third kappa shape index (κ3) is 3.43. The maximum absolute atomic E-state index is 6.33. The van der Waals surface area contributed by atoms with Crippen LogP contribution in [0.2, 0.25) is 0 Å². The number of hydrogen-bond acceptors (Lipinski definition) is 4. The van der Waals surface area contributed by atoms with E-state index >= 15 is 0 Å². The van der Waals surface area contributed by atoms with Crippen molar-refractivity contribution in [3.8, 4) is 28.2 Å². The Hall–Kier alpha value is -6.20. The molecule has 5 heteroatoms. The number of anilines is 3. The quantitative estimate of drug-likeness (QED) is 0.210. The summed E-state index contributed by atoms with van der Waals surface area (Å²) in [6, 6.07) is 50.4. The molecule has 3 aromatic heterocycles. The Labute approximate surface area is 258 Å². The van der Waals surface area contributed by atoms with Gasteiger partial charge in [0, 0.05) is 32.7 Å². The fraction of sp³-hybridized carbons (Fsp3) is 0. The molecular formula is C40H24N4O. The summed E-state index contributed by atoms with van der Waals surface area (Å²) in [5, 5.41) is 4.62. The Balaban J connectivity index is 1.32. The van der Waals surface area contributed by atoms with Crippen LogP contribution in [-0.2, 0) is 0 Å². The van der Waals surface area contributed by atoms with Gasteiger partial charge in [-0.05, 0) is 42.5 Å². The Morgan fingerprint density at radius 3 is 1.84 bits per heavy atom. The summed E-state index contributed by atoms with van der Waals surface area (Å²) < 4.78 is 8.72. The van der Waals surface area contributed by atoms with Gasteiger partial charge in [0.1, 0.15) is 11.2 Å². The molecular weight excluding hydrogens is 552 g/mol. The maximum Gasteiger partial charge on any atom is 0.235 e. The van der Waals surface area contributed by atoms with Crippen LogP contribution >= 0.6 is 0 Å². The topological polar surface area (TPSA) is 47.1 Å². The van der Waals surface area contributed by atoms with Crippen LogP contribution in [0.5, 0.6) is 0 Å². The van der Waals surface area contributed by atoms with Crippen LogP contribution < -0.4 is 4.90 Å². The van der Waals surface area contributed by atoms with Gasteiger partial charge in [-0.3, -0.25) is 4.90 Å². The first-order valence-electron chi connectivity index (χ1n) is 15.1. The van der Waals surface area contributed by atoms with Gasteiger partial charge in [0.25, 0.3) is 0 Å². The largest absolute Gasteiger partial charge is 0.456 e. The zero-order valence-corrected chi connectivity index (χ0v) is 24.1. The van der Waals surface area contributed by atoms with Gasteiger partial charge < -0.3 is 8.98 Å². The first-order chi connectivity index (χ1) is 22.3. The van der Waals surface area contributed by atoms with E-state index in [0.717, 1.165) is 72.5 Å². The molecule has 0 bridgehead atoms. The molecule has 0 saturated carbocycles. The summed E-state index contributed by atoms with van der Waals surface area (Å²) in [6.45, 7) is 0. The highest BCUT2D eigenvalue weighted by Crippen LogP contribution is 2.51. The molecule has 0 radical (unpaired) electrons. The Kier molecular flexibility index (Phi) is 4.93. The average Bonchev–Trinajstić information content (AvgIpc) is 3.66. The number of furan rings is 1. The summed E-state index contributed by atoms with van der Waals surface area (Å²) in [4.78, 5) is 12.7. The van der Waals surface area contributed by atoms with Crippen LogP contribution in [0.4, 0.5) is 17.3 Å². The smallest absolute Gasteiger partial charge is 0.235 e. The standard InChI is InChI=1S/C40H24N4O/c1-3-12-25(13-4-1)29-24-30(26-14-5-2-6-15-26)42-40(41-29)44-32-19-9-8-18-31(32)43-33-22-23-36-38(27-16-7-10-21-35(27)45-36)37(33)28-17-11-20-34(44)39(28)43/h1-24H. The third-order valence-electron chi connectivity index (χ3n) is 8.93. The lowest BCUT2D eigenvalue weighted by molar-refractivity contribution is 0.669. The Morgan fingerprint density at radius 1 is 0.467 bits per heavy atom. The molecule has 0 amide bonds. The summed E-state index contributed by atoms with van der Waals surface area (Å²) in [7, 11) is 0. The van der Waals surface area contributed by atoms with E-state index in [2.05, 4.69) is 131 Å². The number of aromatic nitrogens is 3. The lowest BCUT2D eigenvalue weighted by Gasteiger charge is -2.31. The zero-order valence-electron chi connectivity index (χ0n) is 24.1. The molecule has 10 rings (SSSR count). The number of nitrogens with zero attached hydrogens (tertiary/aromatic N) is 4. The van der Waals surface area contributed by atoms with Crippen molar-refractivity contribution in [2.45, 2.75) is 0 Å². The van der Waals surface area contributed by atoms with E-state index in [0.29, 0.717) is 5.95 Å². The van der Waals surface area contributed by atoms with Crippen molar-refractivity contribution in [3.63, 3.8) is 0 Å². The highest BCUT2D eigenvalue weighted by atomic mass is 16.3. The van der Waals surface area contributed by atoms with Gasteiger partial charge in [-0.15, -0.1) is 0 Å². The van der Waals surface area contributed by atoms with Crippen molar-refractivity contribution in [1.82, 2.24) is 14.5 Å². The predicted octanol–water partition coefficient (Wildman–Crippen LogP) is 10.6. The van der Waals surface area contributed by atoms with Crippen LogP contribution in [-0.4, -0.2) is 14.5 Å². The van der Waals surface area contributed by atoms with Gasteiger partial charge in [0.15, 0.2) is 0 Å². The number of para-hydroxylation sites is 4. The van der Waals surface area contributed by atoms with Crippen molar-refractivity contribution in [2.24, 2.45) is 0 Å². The van der Waals surface area contributed by atoms with Crippen LogP contribution in [0.1, 0.15) is 0 Å². The van der Waals surface area contributed by atoms with Gasteiger partial charge in [0.05, 0.1) is 39.5 Å². The predicted molar refractivity (Wildman–Crippen MR) is 183 cm³/mol. The molecule has 6 aromatic carbocycles. The van der Waals surface area contributed by atoms with Crippen LogP contribution in [0.15, 0.2) is 150 Å². The van der Waals surface area contributed by atoms with Crippen LogP contribution in [0.25, 0.3) is 71.9 Å². The second-order valence-corrected chi connectivity index (χ2v) is 11.4. The Morgan fingerprint density at radius 2 is 1.09 bits per heavy atom. The molecule has 0 atom stereocenters. The van der Waals surface area contributed by atoms with Crippen LogP contribution in [0, 0.1) is 0 Å². The minimum Gasteiger partial charge on any atom is -0.456 e. The Bertz CT molecular complexity index is 2540. The lowest BCUT2D eigenvalue weighted by Crippen LogP contribution is -2.20. The van der Waals surface area contributed by atoms with Crippen molar-refractivity contribution in [2.75, 3.05) is 4.90 Å². The zero-order chi connectivity index (χ0) is 29.5. The number of hydrogen-bond donors (Lipinski definition) is 0. The fourth-order valence-corrected chi connectivity index (χ4v) is 7.02. The minimum atomic E-state index is 0.630. The van der Waals surface area contributed by atoms with Crippen molar-refractivity contribution < 1.29 is 4.42 Å². The molecule has 210 valence electrons. The summed E-state index contributed by atoms with van der Waals surface area (Å²) in [5.74, 6) is 0.630. The second-order valence-electron chi connectivity index (χ2n) is 11.4. The molecule has 0 fully saturated rings. The first-order valence-corrected chi connectivity index (χ1v) is 15.1. The highest BCUT2D eigenvalue weighted by Gasteiger charge is 2.31. The molecule has 5 nitrogen and oxygen atoms in total. The molecule has 4 heterocycles. The van der Waals surface area contributed by atoms with E-state index in [-0.39, 0.29) is 0 Å². The lowest BCUT2D eigenvalue weighted by atomic mass is 10.0. The van der Waals surface area contributed by atoms with Crippen LogP contribution in [0.3, 0.4) is 0 Å². The summed E-state index contributed by atoms with van der Waals surface area (Å²) >= 11 is 0. The molecule has 0 spiro atoms. The van der Waals surface area contributed by atoms with E-state index in [4.69, 9.17) is 14.4 Å². The molecule has 0 N–H and O–H groups in total. The fourth-order valence-electron chi connectivity index (χ4n) is 7.02. The first kappa shape index (κ1) is 24.3. The number of fused-ring (bicyclic) bond motifs is 9. The van der Waals surface area contributed by atoms with E-state index in [9.17, 15) is 0 Å². The molecule has 0 saturated heterocycles. The highest BCUT2D eigenvalue weighted by molar-refractivity contribution is 6.29. The maximum atomic E-state index is 6.33. The molecule has 0 unspecified atom stereocenters. The minimum absolute atomic E-state index is 0.630.